The molecule has 0 radical (unpaired) electrons. The lowest BCUT2D eigenvalue weighted by atomic mass is 9.92. The first kappa shape index (κ1) is 16.2. The molecule has 0 saturated heterocycles. The van der Waals surface area contributed by atoms with Crippen molar-refractivity contribution in [2.45, 2.75) is 66.8 Å². The van der Waals surface area contributed by atoms with Gasteiger partial charge in [0.1, 0.15) is 0 Å². The van der Waals surface area contributed by atoms with Crippen molar-refractivity contribution < 1.29 is 4.52 Å². The van der Waals surface area contributed by atoms with Gasteiger partial charge in [-0.1, -0.05) is 46.7 Å². The maximum absolute atomic E-state index is 5.37. The van der Waals surface area contributed by atoms with Crippen LogP contribution in [-0.4, -0.2) is 22.7 Å². The zero-order chi connectivity index (χ0) is 14.5. The van der Waals surface area contributed by atoms with Crippen LogP contribution in [0.5, 0.6) is 0 Å². The highest BCUT2D eigenvalue weighted by Crippen LogP contribution is 2.19. The largest absolute Gasteiger partial charge is 0.339 e. The average Bonchev–Trinajstić information content (AvgIpc) is 2.61. The van der Waals surface area contributed by atoms with Crippen molar-refractivity contribution in [3.8, 4) is 0 Å². The lowest BCUT2D eigenvalue weighted by molar-refractivity contribution is 0.331. The summed E-state index contributed by atoms with van der Waals surface area (Å²) in [5.41, 5.74) is 0.195. The van der Waals surface area contributed by atoms with E-state index in [0.29, 0.717) is 12.0 Å². The summed E-state index contributed by atoms with van der Waals surface area (Å²) >= 11 is 0. The van der Waals surface area contributed by atoms with Crippen molar-refractivity contribution in [2.24, 2.45) is 11.3 Å². The molecule has 1 rings (SSSR count). The van der Waals surface area contributed by atoms with Gasteiger partial charge in [-0.25, -0.2) is 0 Å². The van der Waals surface area contributed by atoms with Gasteiger partial charge in [0, 0.05) is 18.9 Å². The fourth-order valence-electron chi connectivity index (χ4n) is 2.23. The minimum absolute atomic E-state index is 0.195. The van der Waals surface area contributed by atoms with Crippen LogP contribution in [0.2, 0.25) is 0 Å². The molecule has 0 fully saturated rings. The highest BCUT2D eigenvalue weighted by atomic mass is 16.5. The van der Waals surface area contributed by atoms with Crippen LogP contribution >= 0.6 is 0 Å². The number of hydrogen-bond acceptors (Lipinski definition) is 4. The summed E-state index contributed by atoms with van der Waals surface area (Å²) in [6.07, 6.45) is 2.81. The van der Waals surface area contributed by atoms with E-state index < -0.39 is 0 Å². The van der Waals surface area contributed by atoms with Crippen LogP contribution in [0.3, 0.4) is 0 Å². The first-order valence-corrected chi connectivity index (χ1v) is 7.35. The van der Waals surface area contributed by atoms with Crippen LogP contribution in [0.15, 0.2) is 4.52 Å². The Morgan fingerprint density at radius 3 is 2.47 bits per heavy atom. The van der Waals surface area contributed by atoms with Gasteiger partial charge in [-0.05, 0) is 24.3 Å². The zero-order valence-corrected chi connectivity index (χ0v) is 13.3. The molecular weight excluding hydrogens is 238 g/mol. The maximum atomic E-state index is 5.37. The molecule has 0 aliphatic rings. The van der Waals surface area contributed by atoms with E-state index in [1.807, 2.05) is 0 Å². The van der Waals surface area contributed by atoms with Crippen LogP contribution in [0.1, 0.15) is 59.7 Å². The van der Waals surface area contributed by atoms with E-state index in [1.165, 1.54) is 0 Å². The highest BCUT2D eigenvalue weighted by Gasteiger charge is 2.18. The minimum atomic E-state index is 0.195. The van der Waals surface area contributed by atoms with Gasteiger partial charge >= 0.3 is 0 Å². The van der Waals surface area contributed by atoms with Gasteiger partial charge in [-0.3, -0.25) is 0 Å². The minimum Gasteiger partial charge on any atom is -0.339 e. The third-order valence-corrected chi connectivity index (χ3v) is 2.87. The predicted molar refractivity (Wildman–Crippen MR) is 78.1 cm³/mol. The molecule has 1 heterocycles. The van der Waals surface area contributed by atoms with E-state index in [1.54, 1.807) is 0 Å². The second-order valence-electron chi connectivity index (χ2n) is 6.93. The second-order valence-corrected chi connectivity index (χ2v) is 6.93. The van der Waals surface area contributed by atoms with Crippen LogP contribution < -0.4 is 5.32 Å². The molecule has 0 aliphatic carbocycles. The Morgan fingerprint density at radius 1 is 1.26 bits per heavy atom. The summed E-state index contributed by atoms with van der Waals surface area (Å²) < 4.78 is 5.37. The Labute approximate surface area is 117 Å². The topological polar surface area (TPSA) is 51.0 Å². The normalized spacial score (nSPS) is 14.1. The Hall–Kier alpha value is -0.900. The van der Waals surface area contributed by atoms with E-state index in [9.17, 15) is 0 Å². The van der Waals surface area contributed by atoms with E-state index in [0.717, 1.165) is 37.5 Å². The summed E-state index contributed by atoms with van der Waals surface area (Å²) in [6.45, 7) is 14.1. The van der Waals surface area contributed by atoms with Crippen LogP contribution in [0, 0.1) is 11.3 Å². The van der Waals surface area contributed by atoms with E-state index >= 15 is 0 Å². The fraction of sp³-hybridized carbons (Fsp3) is 0.867. The molecular formula is C15H29N3O. The molecule has 0 bridgehead atoms. The quantitative estimate of drug-likeness (QED) is 0.824. The molecule has 4 heteroatoms. The SMILES string of the molecule is CCNC(Cc1nc(CC(C)(C)C)no1)CC(C)C. The number of hydrogen-bond donors (Lipinski definition) is 1. The van der Waals surface area contributed by atoms with Gasteiger partial charge in [0.25, 0.3) is 0 Å². The van der Waals surface area contributed by atoms with Crippen molar-refractivity contribution in [3.63, 3.8) is 0 Å². The molecule has 0 saturated carbocycles. The fourth-order valence-corrected chi connectivity index (χ4v) is 2.23. The molecule has 1 aromatic rings. The van der Waals surface area contributed by atoms with Gasteiger partial charge in [-0.2, -0.15) is 4.98 Å². The lowest BCUT2D eigenvalue weighted by Crippen LogP contribution is -2.32. The molecule has 1 N–H and O–H groups in total. The predicted octanol–water partition coefficient (Wildman–Crippen LogP) is 3.22. The molecule has 0 spiro atoms. The van der Waals surface area contributed by atoms with Crippen LogP contribution in [-0.2, 0) is 12.8 Å². The summed E-state index contributed by atoms with van der Waals surface area (Å²) in [5.74, 6) is 2.24. The summed E-state index contributed by atoms with van der Waals surface area (Å²) in [5, 5.41) is 7.57. The zero-order valence-electron chi connectivity index (χ0n) is 13.3. The number of rotatable bonds is 7. The average molecular weight is 267 g/mol. The monoisotopic (exact) mass is 267 g/mol. The third-order valence-electron chi connectivity index (χ3n) is 2.87. The Bertz CT molecular complexity index is 366. The van der Waals surface area contributed by atoms with Crippen molar-refractivity contribution in [3.05, 3.63) is 11.7 Å². The standard InChI is InChI=1S/C15H29N3O/c1-7-16-12(8-11(2)3)9-14-17-13(18-19-14)10-15(4,5)6/h11-12,16H,7-10H2,1-6H3. The smallest absolute Gasteiger partial charge is 0.228 e. The molecule has 110 valence electrons. The molecule has 0 aliphatic heterocycles. The van der Waals surface area contributed by atoms with Gasteiger partial charge in [-0.15, -0.1) is 0 Å². The Kier molecular flexibility index (Phi) is 5.98. The maximum Gasteiger partial charge on any atom is 0.228 e. The molecule has 0 amide bonds. The van der Waals surface area contributed by atoms with E-state index in [-0.39, 0.29) is 5.41 Å². The summed E-state index contributed by atoms with van der Waals surface area (Å²) in [4.78, 5) is 4.51. The number of aromatic nitrogens is 2. The molecule has 1 unspecified atom stereocenters. The summed E-state index contributed by atoms with van der Waals surface area (Å²) in [7, 11) is 0. The van der Waals surface area contributed by atoms with Gasteiger partial charge in [0.2, 0.25) is 5.89 Å². The molecule has 1 aromatic heterocycles. The second kappa shape index (κ2) is 7.04. The number of nitrogens with one attached hydrogen (secondary N) is 1. The van der Waals surface area contributed by atoms with Crippen LogP contribution in [0.25, 0.3) is 0 Å². The molecule has 4 nitrogen and oxygen atoms in total. The Morgan fingerprint density at radius 2 is 1.95 bits per heavy atom. The van der Waals surface area contributed by atoms with Crippen molar-refractivity contribution in [1.82, 2.24) is 15.5 Å². The van der Waals surface area contributed by atoms with Gasteiger partial charge < -0.3 is 9.84 Å². The van der Waals surface area contributed by atoms with Crippen molar-refractivity contribution in [1.29, 1.82) is 0 Å². The Balaban J connectivity index is 2.59. The molecule has 19 heavy (non-hydrogen) atoms. The summed E-state index contributed by atoms with van der Waals surface area (Å²) in [6, 6.07) is 0.424. The van der Waals surface area contributed by atoms with Crippen molar-refractivity contribution in [2.75, 3.05) is 6.54 Å². The van der Waals surface area contributed by atoms with Crippen LogP contribution in [0.4, 0.5) is 0 Å². The van der Waals surface area contributed by atoms with Gasteiger partial charge in [0.05, 0.1) is 0 Å². The highest BCUT2D eigenvalue weighted by molar-refractivity contribution is 4.92. The first-order chi connectivity index (χ1) is 8.80. The van der Waals surface area contributed by atoms with E-state index in [2.05, 4.69) is 57.0 Å². The van der Waals surface area contributed by atoms with Gasteiger partial charge in [0.15, 0.2) is 5.82 Å². The molecule has 1 atom stereocenters. The number of nitrogens with zero attached hydrogens (tertiary/aromatic N) is 2. The first-order valence-electron chi connectivity index (χ1n) is 7.35. The molecule has 0 aromatic carbocycles. The third kappa shape index (κ3) is 6.71. The number of likely N-dealkylation sites (N-methyl/N-ethyl adjacent to an activating group) is 1. The van der Waals surface area contributed by atoms with Crippen molar-refractivity contribution >= 4 is 0 Å². The lowest BCUT2D eigenvalue weighted by Gasteiger charge is -2.17. The van der Waals surface area contributed by atoms with E-state index in [4.69, 9.17) is 4.52 Å².